The average molecular weight is 327 g/mol. The van der Waals surface area contributed by atoms with Crippen LogP contribution < -0.4 is 5.32 Å². The molecule has 0 atom stereocenters. The van der Waals surface area contributed by atoms with Crippen LogP contribution in [0.1, 0.15) is 5.56 Å². The van der Waals surface area contributed by atoms with Crippen molar-refractivity contribution in [3.05, 3.63) is 60.2 Å². The van der Waals surface area contributed by atoms with Gasteiger partial charge in [0, 0.05) is 15.4 Å². The van der Waals surface area contributed by atoms with Gasteiger partial charge in [-0.1, -0.05) is 59.9 Å². The molecule has 3 rings (SSSR count). The Labute approximate surface area is 137 Å². The molecule has 1 aliphatic rings. The molecular formula is C16H13N3OS2. The van der Waals surface area contributed by atoms with Crippen LogP contribution in [-0.2, 0) is 4.79 Å². The van der Waals surface area contributed by atoms with Gasteiger partial charge in [-0.15, -0.1) is 5.10 Å². The van der Waals surface area contributed by atoms with Gasteiger partial charge in [0.05, 0.1) is 12.0 Å². The van der Waals surface area contributed by atoms with Crippen LogP contribution in [0.2, 0.25) is 0 Å². The molecule has 4 nitrogen and oxygen atoms in total. The first-order valence-electron chi connectivity index (χ1n) is 6.67. The first-order valence-corrected chi connectivity index (χ1v) is 8.47. The van der Waals surface area contributed by atoms with Crippen molar-refractivity contribution in [1.29, 1.82) is 0 Å². The zero-order valence-electron chi connectivity index (χ0n) is 11.6. The van der Waals surface area contributed by atoms with Crippen molar-refractivity contribution in [2.24, 2.45) is 10.2 Å². The van der Waals surface area contributed by atoms with Crippen molar-refractivity contribution >= 4 is 40.8 Å². The first-order chi connectivity index (χ1) is 10.8. The van der Waals surface area contributed by atoms with Crippen LogP contribution in [0.5, 0.6) is 0 Å². The highest BCUT2D eigenvalue weighted by atomic mass is 32.2. The molecule has 0 aliphatic carbocycles. The van der Waals surface area contributed by atoms with Crippen LogP contribution in [0.3, 0.4) is 0 Å². The van der Waals surface area contributed by atoms with Gasteiger partial charge >= 0.3 is 0 Å². The van der Waals surface area contributed by atoms with Crippen LogP contribution in [0.25, 0.3) is 0 Å². The minimum absolute atomic E-state index is 0.0287. The van der Waals surface area contributed by atoms with Crippen LogP contribution in [-0.4, -0.2) is 23.0 Å². The molecule has 0 bridgehead atoms. The lowest BCUT2D eigenvalue weighted by atomic mass is 10.2. The van der Waals surface area contributed by atoms with E-state index in [9.17, 15) is 4.79 Å². The van der Waals surface area contributed by atoms with Crippen molar-refractivity contribution in [3.8, 4) is 0 Å². The number of carbonyl (C=O) groups is 1. The van der Waals surface area contributed by atoms with E-state index in [2.05, 4.69) is 33.7 Å². The van der Waals surface area contributed by atoms with E-state index >= 15 is 0 Å². The summed E-state index contributed by atoms with van der Waals surface area (Å²) in [6.07, 6.45) is 1.71. The minimum atomic E-state index is -0.0287. The summed E-state index contributed by atoms with van der Waals surface area (Å²) in [6, 6.07) is 18.2. The molecule has 6 heteroatoms. The smallest absolute Gasteiger partial charge is 0.236 e. The summed E-state index contributed by atoms with van der Waals surface area (Å²) in [7, 11) is 0. The second-order valence-electron chi connectivity index (χ2n) is 4.44. The molecule has 1 amide bonds. The lowest BCUT2D eigenvalue weighted by molar-refractivity contribution is -0.116. The number of hydrogen-bond acceptors (Lipinski definition) is 5. The van der Waals surface area contributed by atoms with E-state index < -0.39 is 0 Å². The standard InChI is InChI=1S/C16H13N3OS2/c20-15-11-21-16(18-15)19-17-10-12-6-4-5-9-14(12)22-13-7-2-1-3-8-13/h1-10H,11H2,(H,18,19,20). The summed E-state index contributed by atoms with van der Waals surface area (Å²) in [6.45, 7) is 0. The Balaban J connectivity index is 1.75. The highest BCUT2D eigenvalue weighted by molar-refractivity contribution is 8.15. The molecule has 22 heavy (non-hydrogen) atoms. The number of benzene rings is 2. The fourth-order valence-corrected chi connectivity index (χ4v) is 3.38. The maximum Gasteiger partial charge on any atom is 0.236 e. The van der Waals surface area contributed by atoms with Crippen LogP contribution >= 0.6 is 23.5 Å². The Morgan fingerprint density at radius 1 is 1.09 bits per heavy atom. The molecule has 0 unspecified atom stereocenters. The molecule has 1 fully saturated rings. The van der Waals surface area contributed by atoms with Crippen molar-refractivity contribution in [3.63, 3.8) is 0 Å². The summed E-state index contributed by atoms with van der Waals surface area (Å²) < 4.78 is 0. The number of rotatable bonds is 4. The van der Waals surface area contributed by atoms with Gasteiger partial charge in [-0.2, -0.15) is 5.10 Å². The molecular weight excluding hydrogens is 314 g/mol. The van der Waals surface area contributed by atoms with Crippen LogP contribution in [0.4, 0.5) is 0 Å². The normalized spacial score (nSPS) is 16.4. The van der Waals surface area contributed by atoms with Crippen molar-refractivity contribution in [1.82, 2.24) is 5.32 Å². The molecule has 0 saturated carbocycles. The number of amidine groups is 1. The molecule has 0 spiro atoms. The van der Waals surface area contributed by atoms with Gasteiger partial charge in [0.1, 0.15) is 0 Å². The van der Waals surface area contributed by atoms with Crippen molar-refractivity contribution in [2.75, 3.05) is 5.75 Å². The molecule has 1 aliphatic heterocycles. The Hall–Kier alpha value is -2.05. The van der Waals surface area contributed by atoms with Gasteiger partial charge in [0.25, 0.3) is 0 Å². The zero-order valence-corrected chi connectivity index (χ0v) is 13.2. The van der Waals surface area contributed by atoms with E-state index in [-0.39, 0.29) is 5.91 Å². The van der Waals surface area contributed by atoms with E-state index in [0.29, 0.717) is 10.9 Å². The fraction of sp³-hybridized carbons (Fsp3) is 0.0625. The molecule has 0 radical (unpaired) electrons. The zero-order chi connectivity index (χ0) is 15.2. The third-order valence-electron chi connectivity index (χ3n) is 2.82. The molecule has 1 heterocycles. The number of nitrogens with one attached hydrogen (secondary N) is 1. The summed E-state index contributed by atoms with van der Waals surface area (Å²) in [5, 5.41) is 11.3. The number of nitrogens with zero attached hydrogens (tertiary/aromatic N) is 2. The molecule has 1 N–H and O–H groups in total. The molecule has 110 valence electrons. The SMILES string of the molecule is O=C1CSC(=NN=Cc2ccccc2Sc2ccccc2)N1. The molecule has 1 saturated heterocycles. The topological polar surface area (TPSA) is 53.8 Å². The first kappa shape index (κ1) is 14.9. The van der Waals surface area contributed by atoms with E-state index in [1.54, 1.807) is 18.0 Å². The Kier molecular flexibility index (Phi) is 4.92. The summed E-state index contributed by atoms with van der Waals surface area (Å²) >= 11 is 3.05. The van der Waals surface area contributed by atoms with Gasteiger partial charge in [-0.3, -0.25) is 4.79 Å². The summed E-state index contributed by atoms with van der Waals surface area (Å²) in [4.78, 5) is 13.4. The number of amides is 1. The number of thioether (sulfide) groups is 1. The predicted octanol–water partition coefficient (Wildman–Crippen LogP) is 3.39. The molecule has 2 aromatic rings. The van der Waals surface area contributed by atoms with E-state index in [1.807, 2.05) is 36.4 Å². The van der Waals surface area contributed by atoms with Crippen LogP contribution in [0, 0.1) is 0 Å². The van der Waals surface area contributed by atoms with Gasteiger partial charge in [-0.05, 0) is 18.2 Å². The maximum atomic E-state index is 11.1. The van der Waals surface area contributed by atoms with Crippen molar-refractivity contribution < 1.29 is 4.79 Å². The van der Waals surface area contributed by atoms with E-state index in [0.717, 1.165) is 10.5 Å². The van der Waals surface area contributed by atoms with Gasteiger partial charge in [-0.25, -0.2) is 0 Å². The highest BCUT2D eigenvalue weighted by Gasteiger charge is 2.15. The van der Waals surface area contributed by atoms with Gasteiger partial charge in [0.2, 0.25) is 5.91 Å². The molecule has 2 aromatic carbocycles. The second kappa shape index (κ2) is 7.29. The second-order valence-corrected chi connectivity index (χ2v) is 6.52. The third kappa shape index (κ3) is 3.99. The van der Waals surface area contributed by atoms with Gasteiger partial charge < -0.3 is 5.32 Å². The Bertz CT molecular complexity index is 729. The number of hydrogen-bond donors (Lipinski definition) is 1. The average Bonchev–Trinajstić information content (AvgIpc) is 2.95. The largest absolute Gasteiger partial charge is 0.303 e. The van der Waals surface area contributed by atoms with E-state index in [4.69, 9.17) is 0 Å². The lowest BCUT2D eigenvalue weighted by Gasteiger charge is -2.04. The maximum absolute atomic E-state index is 11.1. The summed E-state index contributed by atoms with van der Waals surface area (Å²) in [5.41, 5.74) is 0.995. The minimum Gasteiger partial charge on any atom is -0.303 e. The summed E-state index contributed by atoms with van der Waals surface area (Å²) in [5.74, 6) is 0.383. The highest BCUT2D eigenvalue weighted by Crippen LogP contribution is 2.29. The lowest BCUT2D eigenvalue weighted by Crippen LogP contribution is -2.19. The quantitative estimate of drug-likeness (QED) is 0.692. The Morgan fingerprint density at radius 3 is 2.64 bits per heavy atom. The predicted molar refractivity (Wildman–Crippen MR) is 92.6 cm³/mol. The fourth-order valence-electron chi connectivity index (χ4n) is 1.82. The van der Waals surface area contributed by atoms with E-state index in [1.165, 1.54) is 16.7 Å². The third-order valence-corrected chi connectivity index (χ3v) is 4.78. The molecule has 0 aromatic heterocycles. The van der Waals surface area contributed by atoms with Crippen LogP contribution in [0.15, 0.2) is 74.6 Å². The van der Waals surface area contributed by atoms with Gasteiger partial charge in [0.15, 0.2) is 5.17 Å². The van der Waals surface area contributed by atoms with Crippen molar-refractivity contribution in [2.45, 2.75) is 9.79 Å². The number of carbonyl (C=O) groups excluding carboxylic acids is 1. The monoisotopic (exact) mass is 327 g/mol. The Morgan fingerprint density at radius 2 is 1.86 bits per heavy atom.